The molecule has 6 nitrogen and oxygen atoms in total. The van der Waals surface area contributed by atoms with Gasteiger partial charge in [0.2, 0.25) is 0 Å². The van der Waals surface area contributed by atoms with Crippen molar-refractivity contribution in [1.29, 1.82) is 5.26 Å². The topological polar surface area (TPSA) is 93.4 Å². The molecule has 0 spiro atoms. The normalized spacial score (nSPS) is 16.0. The van der Waals surface area contributed by atoms with Crippen LogP contribution in [-0.2, 0) is 4.79 Å². The number of carboxylic acids is 1. The zero-order valence-corrected chi connectivity index (χ0v) is 9.19. The summed E-state index contributed by atoms with van der Waals surface area (Å²) in [6.07, 6.45) is 1.50. The summed E-state index contributed by atoms with van der Waals surface area (Å²) in [4.78, 5) is 23.7. The maximum atomic E-state index is 11.5. The summed E-state index contributed by atoms with van der Waals surface area (Å²) in [6, 6.07) is 1.61. The van der Waals surface area contributed by atoms with Gasteiger partial charge in [0.25, 0.3) is 0 Å². The summed E-state index contributed by atoms with van der Waals surface area (Å²) in [5.74, 6) is -0.854. The average molecular weight is 225 g/mol. The van der Waals surface area contributed by atoms with E-state index >= 15 is 0 Å². The summed E-state index contributed by atoms with van der Waals surface area (Å²) >= 11 is 0. The number of rotatable bonds is 5. The van der Waals surface area contributed by atoms with Crippen molar-refractivity contribution < 1.29 is 14.7 Å². The van der Waals surface area contributed by atoms with Gasteiger partial charge in [-0.15, -0.1) is 0 Å². The first kappa shape index (κ1) is 12.3. The predicted molar refractivity (Wildman–Crippen MR) is 55.6 cm³/mol. The second-order valence-electron chi connectivity index (χ2n) is 4.07. The average Bonchev–Trinajstić information content (AvgIpc) is 3.03. The van der Waals surface area contributed by atoms with Crippen molar-refractivity contribution in [3.05, 3.63) is 0 Å². The van der Waals surface area contributed by atoms with Gasteiger partial charge in [-0.05, 0) is 12.8 Å². The van der Waals surface area contributed by atoms with Crippen LogP contribution in [0, 0.1) is 16.7 Å². The van der Waals surface area contributed by atoms with E-state index in [1.807, 2.05) is 6.07 Å². The summed E-state index contributed by atoms with van der Waals surface area (Å²) in [6.45, 7) is 0.514. The van der Waals surface area contributed by atoms with Crippen LogP contribution in [0.1, 0.15) is 19.3 Å². The van der Waals surface area contributed by atoms with Crippen LogP contribution in [0.4, 0.5) is 4.79 Å². The van der Waals surface area contributed by atoms with Crippen molar-refractivity contribution in [3.8, 4) is 6.07 Å². The Kier molecular flexibility index (Phi) is 3.72. The summed E-state index contributed by atoms with van der Waals surface area (Å²) in [7, 11) is 1.58. The molecule has 1 fully saturated rings. The molecule has 0 aromatic heterocycles. The number of carbonyl (C=O) groups excluding carboxylic acids is 1. The van der Waals surface area contributed by atoms with Gasteiger partial charge in [-0.25, -0.2) is 4.79 Å². The number of nitrogens with one attached hydrogen (secondary N) is 1. The molecule has 16 heavy (non-hydrogen) atoms. The molecule has 2 amide bonds. The highest BCUT2D eigenvalue weighted by atomic mass is 16.4. The summed E-state index contributed by atoms with van der Waals surface area (Å²) in [5, 5.41) is 19.8. The quantitative estimate of drug-likeness (QED) is 0.708. The lowest BCUT2D eigenvalue weighted by molar-refractivity contribution is -0.143. The number of aliphatic carboxylic acids is 1. The lowest BCUT2D eigenvalue weighted by Crippen LogP contribution is -2.42. The van der Waals surface area contributed by atoms with E-state index in [-0.39, 0.29) is 19.0 Å². The molecule has 1 aliphatic rings. The molecule has 1 saturated carbocycles. The van der Waals surface area contributed by atoms with Crippen LogP contribution in [0.25, 0.3) is 0 Å². The maximum absolute atomic E-state index is 11.5. The fourth-order valence-electron chi connectivity index (χ4n) is 1.32. The van der Waals surface area contributed by atoms with Gasteiger partial charge in [0.05, 0.1) is 17.9 Å². The van der Waals surface area contributed by atoms with Crippen LogP contribution in [0.15, 0.2) is 0 Å². The molecular formula is C10H15N3O3. The van der Waals surface area contributed by atoms with Crippen LogP contribution >= 0.6 is 0 Å². The van der Waals surface area contributed by atoms with Crippen molar-refractivity contribution in [2.45, 2.75) is 19.3 Å². The van der Waals surface area contributed by atoms with E-state index in [0.717, 1.165) is 0 Å². The molecule has 0 saturated heterocycles. The fraction of sp³-hybridized carbons (Fsp3) is 0.700. The van der Waals surface area contributed by atoms with Gasteiger partial charge in [-0.2, -0.15) is 5.26 Å². The van der Waals surface area contributed by atoms with E-state index in [1.165, 1.54) is 4.90 Å². The number of amides is 2. The molecule has 0 atom stereocenters. The lowest BCUT2D eigenvalue weighted by Gasteiger charge is -2.18. The smallest absolute Gasteiger partial charge is 0.317 e. The molecule has 88 valence electrons. The number of nitriles is 1. The van der Waals surface area contributed by atoms with Crippen molar-refractivity contribution >= 4 is 12.0 Å². The number of hydrogen-bond donors (Lipinski definition) is 2. The van der Waals surface area contributed by atoms with Gasteiger partial charge in [-0.1, -0.05) is 0 Å². The third-order valence-corrected chi connectivity index (χ3v) is 2.79. The Hall–Kier alpha value is -1.77. The van der Waals surface area contributed by atoms with Gasteiger partial charge < -0.3 is 15.3 Å². The largest absolute Gasteiger partial charge is 0.481 e. The van der Waals surface area contributed by atoms with Crippen LogP contribution in [0.5, 0.6) is 0 Å². The Labute approximate surface area is 93.8 Å². The minimum absolute atomic E-state index is 0.165. The summed E-state index contributed by atoms with van der Waals surface area (Å²) < 4.78 is 0. The Bertz CT molecular complexity index is 331. The molecule has 0 aliphatic heterocycles. The van der Waals surface area contributed by atoms with Crippen LogP contribution < -0.4 is 5.32 Å². The van der Waals surface area contributed by atoms with Gasteiger partial charge >= 0.3 is 12.0 Å². The van der Waals surface area contributed by atoms with E-state index in [9.17, 15) is 9.59 Å². The van der Waals surface area contributed by atoms with Crippen LogP contribution in [0.3, 0.4) is 0 Å². The fourth-order valence-corrected chi connectivity index (χ4v) is 1.32. The van der Waals surface area contributed by atoms with Gasteiger partial charge in [0.15, 0.2) is 0 Å². The maximum Gasteiger partial charge on any atom is 0.317 e. The standard InChI is InChI=1S/C10H15N3O3/c1-13(6-2-5-11)9(16)12-7-10(3-4-10)8(14)15/h2-4,6-7H2,1H3,(H,12,16)(H,14,15). The van der Waals surface area contributed by atoms with E-state index < -0.39 is 11.4 Å². The molecule has 0 aromatic carbocycles. The highest BCUT2D eigenvalue weighted by molar-refractivity contribution is 5.80. The molecule has 0 radical (unpaired) electrons. The second kappa shape index (κ2) is 4.84. The highest BCUT2D eigenvalue weighted by Crippen LogP contribution is 2.45. The molecule has 0 heterocycles. The first-order valence-corrected chi connectivity index (χ1v) is 5.11. The van der Waals surface area contributed by atoms with Crippen molar-refractivity contribution in [2.24, 2.45) is 5.41 Å². The second-order valence-corrected chi connectivity index (χ2v) is 4.07. The number of nitrogens with zero attached hydrogens (tertiary/aromatic N) is 2. The number of hydrogen-bond acceptors (Lipinski definition) is 3. The molecule has 1 rings (SSSR count). The van der Waals surface area contributed by atoms with Crippen molar-refractivity contribution in [1.82, 2.24) is 10.2 Å². The van der Waals surface area contributed by atoms with Crippen LogP contribution in [-0.4, -0.2) is 42.1 Å². The Morgan fingerprint density at radius 2 is 2.19 bits per heavy atom. The molecule has 2 N–H and O–H groups in total. The molecule has 0 unspecified atom stereocenters. The monoisotopic (exact) mass is 225 g/mol. The number of carbonyl (C=O) groups is 2. The van der Waals surface area contributed by atoms with E-state index in [4.69, 9.17) is 10.4 Å². The van der Waals surface area contributed by atoms with E-state index in [2.05, 4.69) is 5.32 Å². The van der Waals surface area contributed by atoms with Crippen molar-refractivity contribution in [2.75, 3.05) is 20.1 Å². The van der Waals surface area contributed by atoms with E-state index in [1.54, 1.807) is 7.05 Å². The minimum atomic E-state index is -0.854. The number of urea groups is 1. The summed E-state index contributed by atoms with van der Waals surface area (Å²) in [5.41, 5.74) is -0.744. The molecular weight excluding hydrogens is 210 g/mol. The zero-order chi connectivity index (χ0) is 12.2. The Balaban J connectivity index is 2.30. The molecule has 0 aromatic rings. The molecule has 6 heteroatoms. The van der Waals surface area contributed by atoms with Gasteiger partial charge in [0, 0.05) is 20.1 Å². The minimum Gasteiger partial charge on any atom is -0.481 e. The third kappa shape index (κ3) is 2.86. The Morgan fingerprint density at radius 1 is 1.56 bits per heavy atom. The SMILES string of the molecule is CN(CCC#N)C(=O)NCC1(C(=O)O)CC1. The van der Waals surface area contributed by atoms with Crippen molar-refractivity contribution in [3.63, 3.8) is 0 Å². The first-order valence-electron chi connectivity index (χ1n) is 5.11. The first-order chi connectivity index (χ1) is 7.52. The van der Waals surface area contributed by atoms with Crippen LogP contribution in [0.2, 0.25) is 0 Å². The lowest BCUT2D eigenvalue weighted by atomic mass is 10.1. The van der Waals surface area contributed by atoms with E-state index in [0.29, 0.717) is 19.4 Å². The van der Waals surface area contributed by atoms with Gasteiger partial charge in [0.1, 0.15) is 0 Å². The number of carboxylic acid groups (broad SMARTS) is 1. The highest BCUT2D eigenvalue weighted by Gasteiger charge is 2.50. The third-order valence-electron chi connectivity index (χ3n) is 2.79. The van der Waals surface area contributed by atoms with Gasteiger partial charge in [-0.3, -0.25) is 4.79 Å². The Morgan fingerprint density at radius 3 is 2.62 bits per heavy atom. The molecule has 1 aliphatic carbocycles. The predicted octanol–water partition coefficient (Wildman–Crippen LogP) is 0.406. The molecule has 0 bridgehead atoms. The zero-order valence-electron chi connectivity index (χ0n) is 9.19.